The summed E-state index contributed by atoms with van der Waals surface area (Å²) >= 11 is 0. The van der Waals surface area contributed by atoms with E-state index in [1.54, 1.807) is 13.8 Å². The van der Waals surface area contributed by atoms with E-state index in [-0.39, 0.29) is 19.0 Å². The van der Waals surface area contributed by atoms with Crippen LogP contribution in [0.1, 0.15) is 54.9 Å². The van der Waals surface area contributed by atoms with E-state index in [4.69, 9.17) is 28.4 Å². The number of ketones is 1. The molecule has 32 heavy (non-hydrogen) atoms. The van der Waals surface area contributed by atoms with Gasteiger partial charge >= 0.3 is 23.9 Å². The Hall–Kier alpha value is -2.53. The highest BCUT2D eigenvalue weighted by Gasteiger charge is 2.52. The molecule has 1 aliphatic heterocycles. The Kier molecular flexibility index (Phi) is 10.2. The largest absolute Gasteiger partial charge is 0.463 e. The molecule has 5 atom stereocenters. The fourth-order valence-electron chi connectivity index (χ4n) is 2.93. The van der Waals surface area contributed by atoms with Crippen molar-refractivity contribution in [2.45, 2.75) is 85.6 Å². The summed E-state index contributed by atoms with van der Waals surface area (Å²) in [6, 6.07) is 0. The molecular formula is C21H32O11. The zero-order valence-electron chi connectivity index (χ0n) is 19.5. The highest BCUT2D eigenvalue weighted by atomic mass is 16.7. The van der Waals surface area contributed by atoms with Crippen molar-refractivity contribution in [3.63, 3.8) is 0 Å². The third-order valence-corrected chi connectivity index (χ3v) is 4.91. The van der Waals surface area contributed by atoms with Crippen LogP contribution in [0, 0.1) is 5.41 Å². The third kappa shape index (κ3) is 8.54. The van der Waals surface area contributed by atoms with Gasteiger partial charge in [0.15, 0.2) is 24.6 Å². The maximum absolute atomic E-state index is 11.8. The van der Waals surface area contributed by atoms with Gasteiger partial charge in [0.25, 0.3) is 0 Å². The lowest BCUT2D eigenvalue weighted by Gasteiger charge is -2.44. The first-order chi connectivity index (χ1) is 14.7. The first-order valence-corrected chi connectivity index (χ1v) is 10.2. The first kappa shape index (κ1) is 27.5. The molecule has 0 bridgehead atoms. The molecule has 0 saturated carbocycles. The molecule has 0 aromatic heterocycles. The third-order valence-electron chi connectivity index (χ3n) is 4.91. The lowest BCUT2D eigenvalue weighted by molar-refractivity contribution is -0.308. The quantitative estimate of drug-likeness (QED) is 0.342. The van der Waals surface area contributed by atoms with Gasteiger partial charge in [-0.15, -0.1) is 0 Å². The zero-order chi connectivity index (χ0) is 24.6. The summed E-state index contributed by atoms with van der Waals surface area (Å²) in [4.78, 5) is 58.3. The molecule has 1 saturated heterocycles. The molecule has 0 unspecified atom stereocenters. The SMILES string of the molecule is CC(=O)OC[C@H]1O[C@@H](OCCC(C)(C)C(C)=O)[C@H](OC(C)=O)[C@@H](OC(C)=O)[C@H]1OC(C)=O. The summed E-state index contributed by atoms with van der Waals surface area (Å²) < 4.78 is 32.5. The lowest BCUT2D eigenvalue weighted by Crippen LogP contribution is -2.63. The number of carbonyl (C=O) groups excluding carboxylic acids is 5. The van der Waals surface area contributed by atoms with Gasteiger partial charge < -0.3 is 28.4 Å². The van der Waals surface area contributed by atoms with Crippen LogP contribution in [0.3, 0.4) is 0 Å². The van der Waals surface area contributed by atoms with E-state index in [1.807, 2.05) is 0 Å². The Morgan fingerprint density at radius 2 is 1.25 bits per heavy atom. The minimum Gasteiger partial charge on any atom is -0.463 e. The van der Waals surface area contributed by atoms with Gasteiger partial charge in [0.05, 0.1) is 6.61 Å². The van der Waals surface area contributed by atoms with Crippen molar-refractivity contribution >= 4 is 29.7 Å². The molecule has 0 radical (unpaired) electrons. The van der Waals surface area contributed by atoms with Gasteiger partial charge in [0.1, 0.15) is 18.5 Å². The summed E-state index contributed by atoms with van der Waals surface area (Å²) in [6.07, 6.45) is -5.82. The number of rotatable bonds is 10. The number of Topliss-reactive ketones (excluding diaryl/α,β-unsaturated/α-hetero) is 1. The molecule has 1 rings (SSSR count). The van der Waals surface area contributed by atoms with E-state index in [9.17, 15) is 24.0 Å². The van der Waals surface area contributed by atoms with Crippen molar-refractivity contribution < 1.29 is 52.4 Å². The minimum absolute atomic E-state index is 0.0392. The minimum atomic E-state index is -1.29. The Morgan fingerprint density at radius 3 is 1.72 bits per heavy atom. The summed E-state index contributed by atoms with van der Waals surface area (Å²) in [5, 5.41) is 0. The molecular weight excluding hydrogens is 428 g/mol. The van der Waals surface area contributed by atoms with Crippen molar-refractivity contribution in [3.05, 3.63) is 0 Å². The van der Waals surface area contributed by atoms with Crippen molar-refractivity contribution in [1.29, 1.82) is 0 Å². The van der Waals surface area contributed by atoms with Crippen molar-refractivity contribution in [2.75, 3.05) is 13.2 Å². The average molecular weight is 460 g/mol. The standard InChI is InChI=1S/C21H32O11/c1-11(22)21(6,7)8-9-27-20-19(31-15(5)26)18(30-14(4)25)17(29-13(3)24)16(32-20)10-28-12(2)23/h16-20H,8-10H2,1-7H3/t16-,17+,18+,19-,20-/m1/s1. The van der Waals surface area contributed by atoms with E-state index < -0.39 is 60.0 Å². The fourth-order valence-corrected chi connectivity index (χ4v) is 2.93. The second-order valence-electron chi connectivity index (χ2n) is 8.13. The fraction of sp³-hybridized carbons (Fsp3) is 0.762. The van der Waals surface area contributed by atoms with Crippen LogP contribution >= 0.6 is 0 Å². The molecule has 1 heterocycles. The van der Waals surface area contributed by atoms with Gasteiger partial charge in [-0.1, -0.05) is 13.8 Å². The van der Waals surface area contributed by atoms with E-state index in [0.29, 0.717) is 6.42 Å². The molecule has 0 aromatic rings. The molecule has 0 N–H and O–H groups in total. The number of hydrogen-bond acceptors (Lipinski definition) is 11. The predicted molar refractivity (Wildman–Crippen MR) is 107 cm³/mol. The predicted octanol–water partition coefficient (Wildman–Crippen LogP) is 1.09. The molecule has 11 nitrogen and oxygen atoms in total. The molecule has 0 aromatic carbocycles. The lowest BCUT2D eigenvalue weighted by atomic mass is 9.86. The number of ether oxygens (including phenoxy) is 6. The van der Waals surface area contributed by atoms with Crippen molar-refractivity contribution in [3.8, 4) is 0 Å². The van der Waals surface area contributed by atoms with Crippen LogP contribution in [0.4, 0.5) is 0 Å². The van der Waals surface area contributed by atoms with Crippen LogP contribution in [0.25, 0.3) is 0 Å². The van der Waals surface area contributed by atoms with Crippen molar-refractivity contribution in [1.82, 2.24) is 0 Å². The normalized spacial score (nSPS) is 25.4. The molecule has 0 spiro atoms. The molecule has 0 aliphatic carbocycles. The highest BCUT2D eigenvalue weighted by Crippen LogP contribution is 2.31. The summed E-state index contributed by atoms with van der Waals surface area (Å²) in [5.41, 5.74) is -0.668. The van der Waals surface area contributed by atoms with Crippen LogP contribution in [0.2, 0.25) is 0 Å². The summed E-state index contributed by atoms with van der Waals surface area (Å²) in [7, 11) is 0. The van der Waals surface area contributed by atoms with Crippen LogP contribution < -0.4 is 0 Å². The van der Waals surface area contributed by atoms with E-state index >= 15 is 0 Å². The van der Waals surface area contributed by atoms with Crippen LogP contribution in [0.5, 0.6) is 0 Å². The molecule has 1 aliphatic rings. The summed E-state index contributed by atoms with van der Waals surface area (Å²) in [6.45, 7) is 9.29. The van der Waals surface area contributed by atoms with Crippen LogP contribution in [-0.2, 0) is 52.4 Å². The van der Waals surface area contributed by atoms with Crippen LogP contribution in [-0.4, -0.2) is 73.6 Å². The topological polar surface area (TPSA) is 141 Å². The molecule has 182 valence electrons. The monoisotopic (exact) mass is 460 g/mol. The Morgan fingerprint density at radius 1 is 0.750 bits per heavy atom. The van der Waals surface area contributed by atoms with Gasteiger partial charge in [-0.3, -0.25) is 24.0 Å². The van der Waals surface area contributed by atoms with Crippen LogP contribution in [0.15, 0.2) is 0 Å². The average Bonchev–Trinajstić information content (AvgIpc) is 2.63. The maximum atomic E-state index is 11.8. The first-order valence-electron chi connectivity index (χ1n) is 10.2. The van der Waals surface area contributed by atoms with Gasteiger partial charge in [0, 0.05) is 33.1 Å². The van der Waals surface area contributed by atoms with E-state index in [0.717, 1.165) is 20.8 Å². The Balaban J connectivity index is 3.23. The van der Waals surface area contributed by atoms with Crippen molar-refractivity contribution in [2.24, 2.45) is 5.41 Å². The maximum Gasteiger partial charge on any atom is 0.303 e. The number of hydrogen-bond donors (Lipinski definition) is 0. The van der Waals surface area contributed by atoms with Gasteiger partial charge in [-0.25, -0.2) is 0 Å². The van der Waals surface area contributed by atoms with Gasteiger partial charge in [-0.2, -0.15) is 0 Å². The second kappa shape index (κ2) is 11.9. The number of esters is 4. The highest BCUT2D eigenvalue weighted by molar-refractivity contribution is 5.81. The summed E-state index contributed by atoms with van der Waals surface area (Å²) in [5.74, 6) is -2.81. The smallest absolute Gasteiger partial charge is 0.303 e. The molecule has 11 heteroatoms. The van der Waals surface area contributed by atoms with Gasteiger partial charge in [-0.05, 0) is 13.3 Å². The van der Waals surface area contributed by atoms with E-state index in [2.05, 4.69) is 0 Å². The van der Waals surface area contributed by atoms with Gasteiger partial charge in [0.2, 0.25) is 0 Å². The zero-order valence-corrected chi connectivity index (χ0v) is 19.5. The Labute approximate surface area is 187 Å². The Bertz CT molecular complexity index is 715. The molecule has 1 fully saturated rings. The number of carbonyl (C=O) groups is 5. The second-order valence-corrected chi connectivity index (χ2v) is 8.13. The molecule has 0 amide bonds. The van der Waals surface area contributed by atoms with E-state index in [1.165, 1.54) is 13.8 Å².